The van der Waals surface area contributed by atoms with Crippen molar-refractivity contribution in [1.29, 1.82) is 0 Å². The van der Waals surface area contributed by atoms with Gasteiger partial charge in [0, 0.05) is 25.2 Å². The molecule has 1 aliphatic rings. The van der Waals surface area contributed by atoms with E-state index in [1.165, 1.54) is 24.9 Å². The zero-order chi connectivity index (χ0) is 15.1. The molecule has 4 heteroatoms. The Morgan fingerprint density at radius 2 is 2.19 bits per heavy atom. The molecular formula is C17H29N3O. The van der Waals surface area contributed by atoms with Gasteiger partial charge in [-0.05, 0) is 50.8 Å². The van der Waals surface area contributed by atoms with Gasteiger partial charge in [0.1, 0.15) is 0 Å². The number of aromatic nitrogens is 1. The van der Waals surface area contributed by atoms with E-state index in [2.05, 4.69) is 41.2 Å². The van der Waals surface area contributed by atoms with Crippen molar-refractivity contribution in [3.63, 3.8) is 0 Å². The van der Waals surface area contributed by atoms with E-state index in [-0.39, 0.29) is 6.61 Å². The summed E-state index contributed by atoms with van der Waals surface area (Å²) in [6.45, 7) is 6.46. The quantitative estimate of drug-likeness (QED) is 0.734. The van der Waals surface area contributed by atoms with Gasteiger partial charge in [0.05, 0.1) is 17.6 Å². The van der Waals surface area contributed by atoms with E-state index in [1.54, 1.807) is 0 Å². The van der Waals surface area contributed by atoms with E-state index < -0.39 is 0 Å². The molecule has 1 unspecified atom stereocenters. The number of nitrogens with one attached hydrogen (secondary N) is 1. The normalized spacial score (nSPS) is 16.5. The first kappa shape index (κ1) is 16.2. The summed E-state index contributed by atoms with van der Waals surface area (Å²) < 4.78 is 0. The number of hydrogen-bond donors (Lipinski definition) is 2. The van der Waals surface area contributed by atoms with Gasteiger partial charge in [0.2, 0.25) is 0 Å². The number of nitrogens with zero attached hydrogens (tertiary/aromatic N) is 2. The number of aliphatic hydroxyl groups excluding tert-OH is 1. The maximum absolute atomic E-state index is 9.09. The summed E-state index contributed by atoms with van der Waals surface area (Å²) in [6, 6.07) is 5.33. The van der Waals surface area contributed by atoms with Gasteiger partial charge in [-0.15, -0.1) is 0 Å². The van der Waals surface area contributed by atoms with Crippen LogP contribution in [0.15, 0.2) is 18.3 Å². The molecule has 1 saturated carbocycles. The van der Waals surface area contributed by atoms with E-state index >= 15 is 0 Å². The molecule has 0 spiro atoms. The lowest BCUT2D eigenvalue weighted by Gasteiger charge is -2.39. The molecule has 1 atom stereocenters. The second-order valence-electron chi connectivity index (χ2n) is 5.82. The van der Waals surface area contributed by atoms with E-state index in [0.29, 0.717) is 12.1 Å². The molecule has 118 valence electrons. The maximum Gasteiger partial charge on any atom is 0.0574 e. The molecular weight excluding hydrogens is 262 g/mol. The summed E-state index contributed by atoms with van der Waals surface area (Å²) in [5.41, 5.74) is 2.32. The van der Waals surface area contributed by atoms with Crippen LogP contribution in [0, 0.1) is 0 Å². The van der Waals surface area contributed by atoms with Crippen LogP contribution in [-0.2, 0) is 0 Å². The van der Waals surface area contributed by atoms with Crippen molar-refractivity contribution < 1.29 is 5.11 Å². The minimum absolute atomic E-state index is 0.257. The molecule has 1 heterocycles. The lowest BCUT2D eigenvalue weighted by atomic mass is 9.91. The molecule has 0 bridgehead atoms. The molecule has 0 aromatic carbocycles. The predicted octanol–water partition coefficient (Wildman–Crippen LogP) is 2.88. The van der Waals surface area contributed by atoms with Gasteiger partial charge >= 0.3 is 0 Å². The topological polar surface area (TPSA) is 48.4 Å². The number of hydrogen-bond acceptors (Lipinski definition) is 4. The van der Waals surface area contributed by atoms with Gasteiger partial charge in [0.15, 0.2) is 0 Å². The average Bonchev–Trinajstić information content (AvgIpc) is 2.47. The van der Waals surface area contributed by atoms with E-state index in [0.717, 1.165) is 31.6 Å². The molecule has 1 aliphatic carbocycles. The largest absolute Gasteiger partial charge is 0.396 e. The minimum atomic E-state index is 0.257. The molecule has 2 rings (SSSR count). The first-order chi connectivity index (χ1) is 10.3. The fraction of sp³-hybridized carbons (Fsp3) is 0.706. The molecule has 2 N–H and O–H groups in total. The smallest absolute Gasteiger partial charge is 0.0574 e. The van der Waals surface area contributed by atoms with Crippen LogP contribution in [0.25, 0.3) is 0 Å². The SMILES string of the molecule is CCNC(CC)c1ccc(N(CCCO)C2CCC2)cn1. The zero-order valence-electron chi connectivity index (χ0n) is 13.4. The second kappa shape index (κ2) is 8.35. The third kappa shape index (κ3) is 4.17. The van der Waals surface area contributed by atoms with Crippen molar-refractivity contribution >= 4 is 5.69 Å². The summed E-state index contributed by atoms with van der Waals surface area (Å²) in [5, 5.41) is 12.6. The van der Waals surface area contributed by atoms with Crippen molar-refractivity contribution in [3.05, 3.63) is 24.0 Å². The molecule has 0 aliphatic heterocycles. The molecule has 0 amide bonds. The van der Waals surface area contributed by atoms with E-state index in [4.69, 9.17) is 5.11 Å². The minimum Gasteiger partial charge on any atom is -0.396 e. The van der Waals surface area contributed by atoms with Crippen molar-refractivity contribution in [3.8, 4) is 0 Å². The Labute approximate surface area is 128 Å². The highest BCUT2D eigenvalue weighted by molar-refractivity contribution is 5.46. The standard InChI is InChI=1S/C17H29N3O/c1-3-16(18-4-2)17-10-9-15(13-19-17)20(11-6-12-21)14-7-5-8-14/h9-10,13-14,16,18,21H,3-8,11-12H2,1-2H3. The second-order valence-corrected chi connectivity index (χ2v) is 5.82. The number of rotatable bonds is 9. The number of aliphatic hydroxyl groups is 1. The lowest BCUT2D eigenvalue weighted by Crippen LogP contribution is -2.41. The Balaban J connectivity index is 2.07. The van der Waals surface area contributed by atoms with Crippen molar-refractivity contribution in [2.75, 3.05) is 24.6 Å². The number of pyridine rings is 1. The Bertz CT molecular complexity index is 403. The van der Waals surface area contributed by atoms with Gasteiger partial charge in [0.25, 0.3) is 0 Å². The summed E-state index contributed by atoms with van der Waals surface area (Å²) in [4.78, 5) is 7.09. The zero-order valence-corrected chi connectivity index (χ0v) is 13.4. The van der Waals surface area contributed by atoms with Crippen LogP contribution in [-0.4, -0.2) is 35.8 Å². The van der Waals surface area contributed by atoms with E-state index in [1.807, 2.05) is 6.20 Å². The first-order valence-electron chi connectivity index (χ1n) is 8.37. The first-order valence-corrected chi connectivity index (χ1v) is 8.37. The summed E-state index contributed by atoms with van der Waals surface area (Å²) in [7, 11) is 0. The molecule has 0 radical (unpaired) electrons. The molecule has 1 fully saturated rings. The fourth-order valence-corrected chi connectivity index (χ4v) is 2.94. The average molecular weight is 291 g/mol. The third-order valence-electron chi connectivity index (χ3n) is 4.39. The van der Waals surface area contributed by atoms with Gasteiger partial charge in [-0.3, -0.25) is 4.98 Å². The van der Waals surface area contributed by atoms with E-state index in [9.17, 15) is 0 Å². The fourth-order valence-electron chi connectivity index (χ4n) is 2.94. The Morgan fingerprint density at radius 3 is 2.67 bits per heavy atom. The van der Waals surface area contributed by atoms with Crippen LogP contribution in [0.3, 0.4) is 0 Å². The van der Waals surface area contributed by atoms with Crippen molar-refractivity contribution in [2.45, 2.75) is 58.0 Å². The molecule has 0 saturated heterocycles. The molecule has 21 heavy (non-hydrogen) atoms. The Hall–Kier alpha value is -1.13. The van der Waals surface area contributed by atoms with Crippen LogP contribution >= 0.6 is 0 Å². The van der Waals surface area contributed by atoms with Gasteiger partial charge in [-0.25, -0.2) is 0 Å². The number of anilines is 1. The van der Waals surface area contributed by atoms with Crippen LogP contribution in [0.1, 0.15) is 57.7 Å². The van der Waals surface area contributed by atoms with Crippen LogP contribution < -0.4 is 10.2 Å². The summed E-state index contributed by atoms with van der Waals surface area (Å²) in [6.07, 6.45) is 7.74. The predicted molar refractivity (Wildman–Crippen MR) is 87.6 cm³/mol. The molecule has 1 aromatic rings. The monoisotopic (exact) mass is 291 g/mol. The summed E-state index contributed by atoms with van der Waals surface area (Å²) >= 11 is 0. The van der Waals surface area contributed by atoms with Gasteiger partial charge in [-0.2, -0.15) is 0 Å². The lowest BCUT2D eigenvalue weighted by molar-refractivity contribution is 0.283. The third-order valence-corrected chi connectivity index (χ3v) is 4.39. The Kier molecular flexibility index (Phi) is 6.46. The summed E-state index contributed by atoms with van der Waals surface area (Å²) in [5.74, 6) is 0. The molecule has 4 nitrogen and oxygen atoms in total. The highest BCUT2D eigenvalue weighted by atomic mass is 16.3. The molecule has 1 aromatic heterocycles. The highest BCUT2D eigenvalue weighted by Gasteiger charge is 2.25. The van der Waals surface area contributed by atoms with Crippen molar-refractivity contribution in [1.82, 2.24) is 10.3 Å². The maximum atomic E-state index is 9.09. The highest BCUT2D eigenvalue weighted by Crippen LogP contribution is 2.30. The Morgan fingerprint density at radius 1 is 1.38 bits per heavy atom. The van der Waals surface area contributed by atoms with Gasteiger partial charge in [-0.1, -0.05) is 13.8 Å². The van der Waals surface area contributed by atoms with Crippen LogP contribution in [0.5, 0.6) is 0 Å². The van der Waals surface area contributed by atoms with Crippen LogP contribution in [0.4, 0.5) is 5.69 Å². The van der Waals surface area contributed by atoms with Crippen LogP contribution in [0.2, 0.25) is 0 Å². The van der Waals surface area contributed by atoms with Crippen molar-refractivity contribution in [2.24, 2.45) is 0 Å². The van der Waals surface area contributed by atoms with Gasteiger partial charge < -0.3 is 15.3 Å².